The molecule has 12 heteroatoms. The van der Waals surface area contributed by atoms with Crippen LogP contribution >= 0.6 is 23.8 Å². The Balaban J connectivity index is 1.58. The lowest BCUT2D eigenvalue weighted by atomic mass is 10.1. The first-order chi connectivity index (χ1) is 18.7. The molecule has 0 unspecified atom stereocenters. The van der Waals surface area contributed by atoms with Crippen LogP contribution in [0.15, 0.2) is 72.4 Å². The predicted octanol–water partition coefficient (Wildman–Crippen LogP) is 4.98. The summed E-state index contributed by atoms with van der Waals surface area (Å²) >= 11 is 12.0. The number of amides is 1. The third-order valence-corrected chi connectivity index (χ3v) is 6.48. The molecule has 200 valence electrons. The van der Waals surface area contributed by atoms with E-state index in [4.69, 9.17) is 38.0 Å². The molecule has 0 N–H and O–H groups in total. The fourth-order valence-corrected chi connectivity index (χ4v) is 4.34. The van der Waals surface area contributed by atoms with Crippen LogP contribution < -0.4 is 14.4 Å². The number of hydrogen-bond acceptors (Lipinski definition) is 8. The van der Waals surface area contributed by atoms with Gasteiger partial charge in [-0.25, -0.2) is 0 Å². The van der Waals surface area contributed by atoms with Crippen molar-refractivity contribution in [3.05, 3.63) is 98.7 Å². The van der Waals surface area contributed by atoms with Gasteiger partial charge in [0.05, 0.1) is 29.9 Å². The van der Waals surface area contributed by atoms with Gasteiger partial charge in [0.15, 0.2) is 5.11 Å². The molecule has 1 fully saturated rings. The van der Waals surface area contributed by atoms with E-state index in [1.807, 2.05) is 0 Å². The Morgan fingerprint density at radius 3 is 2.36 bits per heavy atom. The molecule has 0 atom stereocenters. The lowest BCUT2D eigenvalue weighted by molar-refractivity contribution is -0.384. The summed E-state index contributed by atoms with van der Waals surface area (Å²) in [5.41, 5.74) is 1.96. The molecule has 0 radical (unpaired) electrons. The zero-order valence-electron chi connectivity index (χ0n) is 20.8. The predicted molar refractivity (Wildman–Crippen MR) is 149 cm³/mol. The summed E-state index contributed by atoms with van der Waals surface area (Å²) in [5, 5.41) is 11.2. The monoisotopic (exact) mass is 567 g/mol. The molecule has 0 saturated carbocycles. The Kier molecular flexibility index (Phi) is 8.43. The van der Waals surface area contributed by atoms with Gasteiger partial charge in [0.2, 0.25) is 0 Å². The van der Waals surface area contributed by atoms with Crippen molar-refractivity contribution in [1.29, 1.82) is 0 Å². The Morgan fingerprint density at radius 2 is 1.77 bits per heavy atom. The third kappa shape index (κ3) is 6.16. The highest BCUT2D eigenvalue weighted by atomic mass is 35.5. The van der Waals surface area contributed by atoms with Gasteiger partial charge in [-0.2, -0.15) is 0 Å². The summed E-state index contributed by atoms with van der Waals surface area (Å²) in [4.78, 5) is 38.7. The maximum Gasteiger partial charge on any atom is 0.325 e. The Hall–Kier alpha value is -4.48. The molecule has 0 bridgehead atoms. The first kappa shape index (κ1) is 27.6. The minimum atomic E-state index is -0.569. The van der Waals surface area contributed by atoms with Gasteiger partial charge in [0.25, 0.3) is 11.6 Å². The topological polar surface area (TPSA) is 111 Å². The van der Waals surface area contributed by atoms with Crippen LogP contribution in [0.3, 0.4) is 0 Å². The highest BCUT2D eigenvalue weighted by Gasteiger charge is 2.40. The van der Waals surface area contributed by atoms with Crippen molar-refractivity contribution >= 4 is 58.3 Å². The van der Waals surface area contributed by atoms with Gasteiger partial charge in [0, 0.05) is 12.1 Å². The number of non-ortho nitro benzene ring substituents is 1. The van der Waals surface area contributed by atoms with Crippen LogP contribution in [0, 0.1) is 10.1 Å². The lowest BCUT2D eigenvalue weighted by Gasteiger charge is -2.19. The largest absolute Gasteiger partial charge is 0.497 e. The second-order valence-electron chi connectivity index (χ2n) is 8.22. The fourth-order valence-electron chi connectivity index (χ4n) is 3.74. The van der Waals surface area contributed by atoms with Crippen LogP contribution in [0.2, 0.25) is 5.02 Å². The Morgan fingerprint density at radius 1 is 1.08 bits per heavy atom. The van der Waals surface area contributed by atoms with Gasteiger partial charge in [-0.3, -0.25) is 24.6 Å². The van der Waals surface area contributed by atoms with Crippen LogP contribution in [0.5, 0.6) is 11.5 Å². The van der Waals surface area contributed by atoms with Gasteiger partial charge in [0.1, 0.15) is 30.3 Å². The first-order valence-electron chi connectivity index (χ1n) is 11.5. The second kappa shape index (κ2) is 11.9. The molecule has 1 amide bonds. The standard InChI is InChI=1S/C27H22ClN3O7S/c1-36-21-10-8-19(9-11-21)30-26(33)23(29(27(30)39)15-25(32)37-2)14-18-5-12-24(22(28)13-18)38-16-17-3-6-20(7-4-17)31(34)35/h3-14H,15-16H2,1-2H3/b23-14-. The maximum absolute atomic E-state index is 13.5. The average molecular weight is 568 g/mol. The molecule has 3 aromatic carbocycles. The summed E-state index contributed by atoms with van der Waals surface area (Å²) in [5.74, 6) is 0.00471. The molecule has 1 saturated heterocycles. The van der Waals surface area contributed by atoms with E-state index in [2.05, 4.69) is 0 Å². The van der Waals surface area contributed by atoms with E-state index in [0.29, 0.717) is 22.7 Å². The lowest BCUT2D eigenvalue weighted by Crippen LogP contribution is -2.35. The van der Waals surface area contributed by atoms with Crippen LogP contribution in [-0.2, 0) is 20.9 Å². The smallest absolute Gasteiger partial charge is 0.325 e. The number of methoxy groups -OCH3 is 2. The number of halogens is 1. The van der Waals surface area contributed by atoms with Crippen LogP contribution in [0.25, 0.3) is 6.08 Å². The van der Waals surface area contributed by atoms with Gasteiger partial charge in [-0.05, 0) is 78.0 Å². The zero-order chi connectivity index (χ0) is 28.1. The number of esters is 1. The van der Waals surface area contributed by atoms with Crippen molar-refractivity contribution in [3.63, 3.8) is 0 Å². The quantitative estimate of drug-likeness (QED) is 0.116. The number of nitro benzene ring substituents is 1. The molecule has 4 rings (SSSR count). The normalized spacial score (nSPS) is 14.1. The number of ether oxygens (including phenoxy) is 3. The van der Waals surface area contributed by atoms with E-state index >= 15 is 0 Å². The number of thiocarbonyl (C=S) groups is 1. The van der Waals surface area contributed by atoms with E-state index in [-0.39, 0.29) is 34.7 Å². The summed E-state index contributed by atoms with van der Waals surface area (Å²) in [6, 6.07) is 17.7. The highest BCUT2D eigenvalue weighted by Crippen LogP contribution is 2.32. The minimum Gasteiger partial charge on any atom is -0.497 e. The Labute approximate surface area is 234 Å². The van der Waals surface area contributed by atoms with Crippen molar-refractivity contribution in [2.75, 3.05) is 25.7 Å². The molecule has 1 aliphatic rings. The first-order valence-corrected chi connectivity index (χ1v) is 12.2. The molecule has 1 heterocycles. The van der Waals surface area contributed by atoms with Crippen molar-refractivity contribution in [1.82, 2.24) is 4.90 Å². The fraction of sp³-hybridized carbons (Fsp3) is 0.148. The number of nitrogens with zero attached hydrogens (tertiary/aromatic N) is 3. The van der Waals surface area contributed by atoms with Crippen molar-refractivity contribution in [2.45, 2.75) is 6.61 Å². The van der Waals surface area contributed by atoms with E-state index in [0.717, 1.165) is 5.56 Å². The Bertz CT molecular complexity index is 1460. The molecule has 0 aromatic heterocycles. The third-order valence-electron chi connectivity index (χ3n) is 5.78. The van der Waals surface area contributed by atoms with E-state index in [1.54, 1.807) is 60.7 Å². The molecular formula is C27H22ClN3O7S. The van der Waals surface area contributed by atoms with Gasteiger partial charge >= 0.3 is 5.97 Å². The van der Waals surface area contributed by atoms with E-state index in [9.17, 15) is 19.7 Å². The number of benzene rings is 3. The van der Waals surface area contributed by atoms with Gasteiger partial charge in [-0.15, -0.1) is 0 Å². The number of carbonyl (C=O) groups excluding carboxylic acids is 2. The second-order valence-corrected chi connectivity index (χ2v) is 8.99. The SMILES string of the molecule is COC(=O)CN1C(=S)N(c2ccc(OC)cc2)C(=O)/C1=C/c1ccc(OCc2ccc([N+](=O)[O-])cc2)c(Cl)c1. The number of rotatable bonds is 9. The average Bonchev–Trinajstić information content (AvgIpc) is 3.16. The molecule has 1 aliphatic heterocycles. The van der Waals surface area contributed by atoms with Crippen LogP contribution in [0.1, 0.15) is 11.1 Å². The summed E-state index contributed by atoms with van der Waals surface area (Å²) < 4.78 is 15.7. The number of anilines is 1. The summed E-state index contributed by atoms with van der Waals surface area (Å²) in [7, 11) is 2.79. The number of nitro groups is 1. The highest BCUT2D eigenvalue weighted by molar-refractivity contribution is 7.80. The van der Waals surface area contributed by atoms with Gasteiger partial charge in [-0.1, -0.05) is 17.7 Å². The van der Waals surface area contributed by atoms with Crippen molar-refractivity contribution in [2.24, 2.45) is 0 Å². The molecular weight excluding hydrogens is 546 g/mol. The van der Waals surface area contributed by atoms with E-state index < -0.39 is 16.8 Å². The van der Waals surface area contributed by atoms with Crippen molar-refractivity contribution < 1.29 is 28.7 Å². The number of carbonyl (C=O) groups is 2. The molecule has 0 spiro atoms. The maximum atomic E-state index is 13.5. The molecule has 0 aliphatic carbocycles. The molecule has 39 heavy (non-hydrogen) atoms. The van der Waals surface area contributed by atoms with Gasteiger partial charge < -0.3 is 19.1 Å². The molecule has 3 aromatic rings. The molecule has 10 nitrogen and oxygen atoms in total. The zero-order valence-corrected chi connectivity index (χ0v) is 22.4. The van der Waals surface area contributed by atoms with Crippen LogP contribution in [-0.4, -0.2) is 47.6 Å². The summed E-state index contributed by atoms with van der Waals surface area (Å²) in [6.45, 7) is -0.113. The summed E-state index contributed by atoms with van der Waals surface area (Å²) in [6.07, 6.45) is 1.58. The minimum absolute atomic E-state index is 0.0121. The van der Waals surface area contributed by atoms with Crippen molar-refractivity contribution in [3.8, 4) is 11.5 Å². The van der Waals surface area contributed by atoms with Crippen LogP contribution in [0.4, 0.5) is 11.4 Å². The number of hydrogen-bond donors (Lipinski definition) is 0. The van der Waals surface area contributed by atoms with E-state index in [1.165, 1.54) is 36.2 Å².